The van der Waals surface area contributed by atoms with Crippen molar-refractivity contribution in [3.05, 3.63) is 0 Å². The maximum Gasteiger partial charge on any atom is 0.326 e. The van der Waals surface area contributed by atoms with Crippen LogP contribution in [0.5, 0.6) is 0 Å². The average molecular weight is 297 g/mol. The Morgan fingerprint density at radius 3 is 2.48 bits per heavy atom. The van der Waals surface area contributed by atoms with Gasteiger partial charge in [0.25, 0.3) is 0 Å². The molecule has 1 saturated carbocycles. The van der Waals surface area contributed by atoms with Gasteiger partial charge in [0.1, 0.15) is 12.1 Å². The van der Waals surface area contributed by atoms with Crippen LogP contribution < -0.4 is 16.0 Å². The van der Waals surface area contributed by atoms with Crippen LogP contribution in [0.2, 0.25) is 0 Å². The van der Waals surface area contributed by atoms with Crippen molar-refractivity contribution < 1.29 is 19.5 Å². The fourth-order valence-electron chi connectivity index (χ4n) is 3.10. The first kappa shape index (κ1) is 15.6. The van der Waals surface area contributed by atoms with Crippen LogP contribution in [-0.2, 0) is 9.59 Å². The first-order valence-electron chi connectivity index (χ1n) is 7.65. The zero-order valence-corrected chi connectivity index (χ0v) is 12.1. The highest BCUT2D eigenvalue weighted by molar-refractivity contribution is 5.89. The number of amides is 3. The third-order valence-electron chi connectivity index (χ3n) is 4.26. The van der Waals surface area contributed by atoms with E-state index >= 15 is 0 Å². The molecule has 118 valence electrons. The standard InChI is InChI=1S/C14H23N3O4/c18-12-10(7-4-8-15-12)16-14(21)17-11(13(19)20)9-5-2-1-3-6-9/h9-11H,1-8H2,(H,15,18)(H,19,20)(H2,16,17,21). The molecule has 0 aromatic heterocycles. The van der Waals surface area contributed by atoms with Crippen molar-refractivity contribution in [3.63, 3.8) is 0 Å². The zero-order valence-electron chi connectivity index (χ0n) is 12.1. The quantitative estimate of drug-likeness (QED) is 0.609. The molecule has 0 aromatic carbocycles. The van der Waals surface area contributed by atoms with Crippen LogP contribution in [0.15, 0.2) is 0 Å². The summed E-state index contributed by atoms with van der Waals surface area (Å²) >= 11 is 0. The maximum atomic E-state index is 11.9. The summed E-state index contributed by atoms with van der Waals surface area (Å²) in [6.07, 6.45) is 6.16. The molecule has 7 nitrogen and oxygen atoms in total. The molecule has 1 aliphatic carbocycles. The molecule has 2 aliphatic rings. The van der Waals surface area contributed by atoms with Crippen molar-refractivity contribution >= 4 is 17.9 Å². The molecule has 1 aliphatic heterocycles. The molecule has 7 heteroatoms. The molecule has 3 amide bonds. The molecule has 0 spiro atoms. The molecule has 0 aromatic rings. The lowest BCUT2D eigenvalue weighted by atomic mass is 9.84. The van der Waals surface area contributed by atoms with Crippen LogP contribution in [0.4, 0.5) is 4.79 Å². The van der Waals surface area contributed by atoms with E-state index in [2.05, 4.69) is 16.0 Å². The molecule has 2 unspecified atom stereocenters. The first-order chi connectivity index (χ1) is 10.1. The molecular formula is C14H23N3O4. The molecule has 2 fully saturated rings. The molecule has 2 atom stereocenters. The molecule has 0 radical (unpaired) electrons. The summed E-state index contributed by atoms with van der Waals surface area (Å²) in [4.78, 5) is 34.9. The number of hydrogen-bond acceptors (Lipinski definition) is 3. The molecular weight excluding hydrogens is 274 g/mol. The Balaban J connectivity index is 1.88. The minimum Gasteiger partial charge on any atom is -0.480 e. The third-order valence-corrected chi connectivity index (χ3v) is 4.26. The summed E-state index contributed by atoms with van der Waals surface area (Å²) in [7, 11) is 0. The molecule has 0 bridgehead atoms. The van der Waals surface area contributed by atoms with Gasteiger partial charge in [-0.05, 0) is 31.6 Å². The Morgan fingerprint density at radius 2 is 1.86 bits per heavy atom. The van der Waals surface area contributed by atoms with Gasteiger partial charge in [-0.15, -0.1) is 0 Å². The van der Waals surface area contributed by atoms with Gasteiger partial charge in [0.2, 0.25) is 5.91 Å². The topological polar surface area (TPSA) is 108 Å². The van der Waals surface area contributed by atoms with E-state index in [-0.39, 0.29) is 11.8 Å². The average Bonchev–Trinajstić information content (AvgIpc) is 2.48. The fourth-order valence-corrected chi connectivity index (χ4v) is 3.10. The maximum absolute atomic E-state index is 11.9. The number of carboxylic acids is 1. The zero-order chi connectivity index (χ0) is 15.2. The summed E-state index contributed by atoms with van der Waals surface area (Å²) in [5.74, 6) is -1.24. The van der Waals surface area contributed by atoms with Gasteiger partial charge in [0, 0.05) is 6.54 Å². The van der Waals surface area contributed by atoms with Gasteiger partial charge in [-0.3, -0.25) is 4.79 Å². The number of carbonyl (C=O) groups excluding carboxylic acids is 2. The van der Waals surface area contributed by atoms with Crippen LogP contribution in [0.1, 0.15) is 44.9 Å². The van der Waals surface area contributed by atoms with Crippen LogP contribution in [-0.4, -0.2) is 41.6 Å². The van der Waals surface area contributed by atoms with Crippen LogP contribution in [0, 0.1) is 5.92 Å². The van der Waals surface area contributed by atoms with Crippen LogP contribution in [0.25, 0.3) is 0 Å². The molecule has 1 heterocycles. The number of carboxylic acid groups (broad SMARTS) is 1. The summed E-state index contributed by atoms with van der Waals surface area (Å²) in [6, 6.07) is -2.02. The Morgan fingerprint density at radius 1 is 1.14 bits per heavy atom. The Kier molecular flexibility index (Phi) is 5.41. The Hall–Kier alpha value is -1.79. The number of piperidine rings is 1. The van der Waals surface area contributed by atoms with Gasteiger partial charge in [-0.2, -0.15) is 0 Å². The molecule has 2 rings (SSSR count). The van der Waals surface area contributed by atoms with E-state index in [1.54, 1.807) is 0 Å². The van der Waals surface area contributed by atoms with Crippen molar-refractivity contribution in [2.24, 2.45) is 5.92 Å². The number of rotatable bonds is 4. The van der Waals surface area contributed by atoms with Gasteiger partial charge in [-0.25, -0.2) is 9.59 Å². The predicted octanol–water partition coefficient (Wildman–Crippen LogP) is 0.598. The second kappa shape index (κ2) is 7.28. The van der Waals surface area contributed by atoms with Gasteiger partial charge in [0.15, 0.2) is 0 Å². The highest BCUT2D eigenvalue weighted by Crippen LogP contribution is 2.26. The normalized spacial score (nSPS) is 24.8. The van der Waals surface area contributed by atoms with E-state index < -0.39 is 24.1 Å². The lowest BCUT2D eigenvalue weighted by Gasteiger charge is -2.29. The van der Waals surface area contributed by atoms with Crippen molar-refractivity contribution in [2.75, 3.05) is 6.54 Å². The summed E-state index contributed by atoms with van der Waals surface area (Å²) in [6.45, 7) is 0.623. The van der Waals surface area contributed by atoms with Crippen LogP contribution in [0.3, 0.4) is 0 Å². The van der Waals surface area contributed by atoms with Crippen LogP contribution >= 0.6 is 0 Å². The van der Waals surface area contributed by atoms with E-state index in [1.807, 2.05) is 0 Å². The van der Waals surface area contributed by atoms with Gasteiger partial charge < -0.3 is 21.1 Å². The lowest BCUT2D eigenvalue weighted by molar-refractivity contribution is -0.141. The SMILES string of the molecule is O=C(NC1CCCNC1=O)NC(C(=O)O)C1CCCCC1. The molecule has 1 saturated heterocycles. The fraction of sp³-hybridized carbons (Fsp3) is 0.786. The summed E-state index contributed by atoms with van der Waals surface area (Å²) in [5, 5.41) is 17.1. The van der Waals surface area contributed by atoms with E-state index in [4.69, 9.17) is 0 Å². The number of carbonyl (C=O) groups is 3. The van der Waals surface area contributed by atoms with Crippen molar-refractivity contribution in [2.45, 2.75) is 57.0 Å². The van der Waals surface area contributed by atoms with E-state index in [1.165, 1.54) is 0 Å². The summed E-state index contributed by atoms with van der Waals surface area (Å²) in [5.41, 5.74) is 0. The minimum atomic E-state index is -1.01. The van der Waals surface area contributed by atoms with Crippen molar-refractivity contribution in [3.8, 4) is 0 Å². The van der Waals surface area contributed by atoms with Gasteiger partial charge in [0.05, 0.1) is 0 Å². The monoisotopic (exact) mass is 297 g/mol. The minimum absolute atomic E-state index is 0.0258. The highest BCUT2D eigenvalue weighted by atomic mass is 16.4. The Bertz CT molecular complexity index is 407. The second-order valence-electron chi connectivity index (χ2n) is 5.82. The number of urea groups is 1. The predicted molar refractivity (Wildman–Crippen MR) is 75.7 cm³/mol. The van der Waals surface area contributed by atoms with Gasteiger partial charge in [-0.1, -0.05) is 19.3 Å². The third kappa shape index (κ3) is 4.34. The smallest absolute Gasteiger partial charge is 0.326 e. The second-order valence-corrected chi connectivity index (χ2v) is 5.82. The lowest BCUT2D eigenvalue weighted by Crippen LogP contribution is -2.56. The van der Waals surface area contributed by atoms with E-state index in [0.717, 1.165) is 38.5 Å². The highest BCUT2D eigenvalue weighted by Gasteiger charge is 2.32. The largest absolute Gasteiger partial charge is 0.480 e. The number of nitrogens with one attached hydrogen (secondary N) is 3. The number of hydrogen-bond donors (Lipinski definition) is 4. The Labute approximate surface area is 123 Å². The molecule has 4 N–H and O–H groups in total. The van der Waals surface area contributed by atoms with Gasteiger partial charge >= 0.3 is 12.0 Å². The van der Waals surface area contributed by atoms with E-state index in [9.17, 15) is 19.5 Å². The first-order valence-corrected chi connectivity index (χ1v) is 7.65. The van der Waals surface area contributed by atoms with E-state index in [0.29, 0.717) is 13.0 Å². The van der Waals surface area contributed by atoms with Crippen molar-refractivity contribution in [1.29, 1.82) is 0 Å². The number of aliphatic carboxylic acids is 1. The van der Waals surface area contributed by atoms with Crippen molar-refractivity contribution in [1.82, 2.24) is 16.0 Å². The summed E-state index contributed by atoms with van der Waals surface area (Å²) < 4.78 is 0. The molecule has 21 heavy (non-hydrogen) atoms.